The summed E-state index contributed by atoms with van der Waals surface area (Å²) in [5.74, 6) is 0.661. The maximum Gasteiger partial charge on any atom is 0.435 e. The molecule has 4 heterocycles. The van der Waals surface area contributed by atoms with E-state index in [1.165, 1.54) is 17.8 Å². The number of nitrogens with zero attached hydrogens (tertiary/aromatic N) is 3. The number of hydrogen-bond acceptors (Lipinski definition) is 3. The fraction of sp³-hybridized carbons (Fsp3) is 0.500. The van der Waals surface area contributed by atoms with Crippen LogP contribution in [0.3, 0.4) is 0 Å². The molecule has 2 aromatic rings. The molecule has 5 nitrogen and oxygen atoms in total. The second-order valence-electron chi connectivity index (χ2n) is 6.61. The number of piperidine rings is 1. The van der Waals surface area contributed by atoms with E-state index in [4.69, 9.17) is 0 Å². The van der Waals surface area contributed by atoms with E-state index in [2.05, 4.69) is 10.4 Å². The third-order valence-corrected chi connectivity index (χ3v) is 4.93. The Morgan fingerprint density at radius 3 is 2.75 bits per heavy atom. The highest BCUT2D eigenvalue weighted by atomic mass is 19.4. The zero-order valence-corrected chi connectivity index (χ0v) is 13.1. The average Bonchev–Trinajstić information content (AvgIpc) is 2.91. The molecule has 24 heavy (non-hydrogen) atoms. The fourth-order valence-electron chi connectivity index (χ4n) is 3.83. The minimum Gasteiger partial charge on any atom is -0.316 e. The fourth-order valence-corrected chi connectivity index (χ4v) is 3.83. The molecule has 2 aromatic heterocycles. The van der Waals surface area contributed by atoms with Crippen molar-refractivity contribution < 1.29 is 13.2 Å². The maximum absolute atomic E-state index is 12.9. The highest BCUT2D eigenvalue weighted by Gasteiger charge is 2.35. The Bertz CT molecular complexity index is 852. The van der Waals surface area contributed by atoms with Gasteiger partial charge in [0, 0.05) is 43.4 Å². The molecule has 0 aromatic carbocycles. The first-order chi connectivity index (χ1) is 11.3. The van der Waals surface area contributed by atoms with E-state index in [1.54, 1.807) is 4.57 Å². The van der Waals surface area contributed by atoms with E-state index < -0.39 is 11.9 Å². The minimum absolute atomic E-state index is 0.158. The van der Waals surface area contributed by atoms with E-state index >= 15 is 0 Å². The van der Waals surface area contributed by atoms with Crippen molar-refractivity contribution in [1.82, 2.24) is 19.7 Å². The van der Waals surface area contributed by atoms with E-state index in [0.29, 0.717) is 23.7 Å². The number of rotatable bonds is 1. The number of alkyl halides is 3. The second kappa shape index (κ2) is 5.20. The Hall–Kier alpha value is -2.09. The summed E-state index contributed by atoms with van der Waals surface area (Å²) in [5.41, 5.74) is 0.580. The van der Waals surface area contributed by atoms with E-state index in [-0.39, 0.29) is 11.5 Å². The number of aromatic nitrogens is 3. The highest BCUT2D eigenvalue weighted by molar-refractivity contribution is 5.60. The maximum atomic E-state index is 12.9. The molecule has 0 saturated carbocycles. The van der Waals surface area contributed by atoms with Gasteiger partial charge in [-0.25, -0.2) is 0 Å². The zero-order valence-electron chi connectivity index (χ0n) is 13.1. The van der Waals surface area contributed by atoms with Crippen molar-refractivity contribution in [2.24, 2.45) is 13.0 Å². The zero-order chi connectivity index (χ0) is 17.1. The summed E-state index contributed by atoms with van der Waals surface area (Å²) in [6, 6.07) is 4.25. The summed E-state index contributed by atoms with van der Waals surface area (Å²) in [5, 5.41) is 6.89. The average molecular weight is 338 g/mol. The van der Waals surface area contributed by atoms with Crippen LogP contribution in [-0.4, -0.2) is 27.4 Å². The molecule has 0 amide bonds. The molecule has 0 radical (unpaired) electrons. The largest absolute Gasteiger partial charge is 0.435 e. The third kappa shape index (κ3) is 2.45. The Balaban J connectivity index is 1.82. The Labute approximate surface area is 136 Å². The smallest absolute Gasteiger partial charge is 0.316 e. The molecule has 0 unspecified atom stereocenters. The van der Waals surface area contributed by atoms with Crippen molar-refractivity contribution in [3.05, 3.63) is 39.9 Å². The van der Waals surface area contributed by atoms with Crippen LogP contribution in [0.1, 0.15) is 23.7 Å². The molecule has 1 N–H and O–H groups in total. The molecule has 0 spiro atoms. The van der Waals surface area contributed by atoms with E-state index in [9.17, 15) is 18.0 Å². The monoisotopic (exact) mass is 338 g/mol. The van der Waals surface area contributed by atoms with Crippen LogP contribution >= 0.6 is 0 Å². The minimum atomic E-state index is -4.50. The van der Waals surface area contributed by atoms with Gasteiger partial charge in [0.25, 0.3) is 5.56 Å². The highest BCUT2D eigenvalue weighted by Crippen LogP contribution is 2.35. The molecule has 8 heteroatoms. The molecule has 1 fully saturated rings. The predicted molar refractivity (Wildman–Crippen MR) is 81.6 cm³/mol. The van der Waals surface area contributed by atoms with Crippen LogP contribution < -0.4 is 10.9 Å². The molecule has 0 aliphatic carbocycles. The van der Waals surface area contributed by atoms with Gasteiger partial charge in [-0.2, -0.15) is 18.3 Å². The van der Waals surface area contributed by atoms with Crippen molar-refractivity contribution in [3.8, 4) is 11.3 Å². The Morgan fingerprint density at radius 2 is 2.04 bits per heavy atom. The number of halogens is 3. The first kappa shape index (κ1) is 15.4. The summed E-state index contributed by atoms with van der Waals surface area (Å²) >= 11 is 0. The first-order valence-corrected chi connectivity index (χ1v) is 7.90. The van der Waals surface area contributed by atoms with Crippen molar-refractivity contribution in [1.29, 1.82) is 0 Å². The lowest BCUT2D eigenvalue weighted by atomic mass is 9.83. The molecule has 2 atom stereocenters. The number of hydrogen-bond donors (Lipinski definition) is 1. The molecular weight excluding hydrogens is 321 g/mol. The van der Waals surface area contributed by atoms with Crippen LogP contribution in [0.25, 0.3) is 11.3 Å². The van der Waals surface area contributed by atoms with Gasteiger partial charge < -0.3 is 9.88 Å². The van der Waals surface area contributed by atoms with Gasteiger partial charge in [-0.3, -0.25) is 9.48 Å². The molecule has 2 aliphatic heterocycles. The normalized spacial score (nSPS) is 23.2. The van der Waals surface area contributed by atoms with Gasteiger partial charge in [0.15, 0.2) is 5.69 Å². The number of nitrogens with one attached hydrogen (secondary N) is 1. The molecular formula is C16H17F3N4O. The van der Waals surface area contributed by atoms with Crippen LogP contribution in [0.5, 0.6) is 0 Å². The first-order valence-electron chi connectivity index (χ1n) is 7.90. The number of fused-ring (bicyclic) bond motifs is 4. The molecule has 1 saturated heterocycles. The molecule has 2 aliphatic rings. The van der Waals surface area contributed by atoms with Crippen LogP contribution in [-0.2, 0) is 19.8 Å². The van der Waals surface area contributed by atoms with Crippen LogP contribution in [0.4, 0.5) is 13.2 Å². The summed E-state index contributed by atoms with van der Waals surface area (Å²) in [6.45, 7) is 2.36. The van der Waals surface area contributed by atoms with Gasteiger partial charge in [-0.05, 0) is 31.0 Å². The lowest BCUT2D eigenvalue weighted by Crippen LogP contribution is -2.44. The quantitative estimate of drug-likeness (QED) is 0.865. The van der Waals surface area contributed by atoms with Gasteiger partial charge in [0.1, 0.15) is 0 Å². The van der Waals surface area contributed by atoms with Crippen molar-refractivity contribution >= 4 is 0 Å². The van der Waals surface area contributed by atoms with Crippen molar-refractivity contribution in [2.45, 2.75) is 25.1 Å². The van der Waals surface area contributed by atoms with Gasteiger partial charge >= 0.3 is 6.18 Å². The van der Waals surface area contributed by atoms with Gasteiger partial charge in [0.2, 0.25) is 0 Å². The summed E-state index contributed by atoms with van der Waals surface area (Å²) in [4.78, 5) is 12.5. The Kier molecular flexibility index (Phi) is 3.35. The summed E-state index contributed by atoms with van der Waals surface area (Å²) < 4.78 is 41.5. The Morgan fingerprint density at radius 1 is 1.25 bits per heavy atom. The second-order valence-corrected chi connectivity index (χ2v) is 6.61. The summed E-state index contributed by atoms with van der Waals surface area (Å²) in [6.07, 6.45) is -3.49. The predicted octanol–water partition coefficient (Wildman–Crippen LogP) is 1.97. The van der Waals surface area contributed by atoms with Gasteiger partial charge in [0.05, 0.1) is 5.69 Å². The van der Waals surface area contributed by atoms with Crippen LogP contribution in [0.15, 0.2) is 23.0 Å². The van der Waals surface area contributed by atoms with Crippen molar-refractivity contribution in [2.75, 3.05) is 13.1 Å². The number of aryl methyl sites for hydroxylation is 1. The summed E-state index contributed by atoms with van der Waals surface area (Å²) in [7, 11) is 1.46. The SMILES string of the molecule is Cn1nc(C(F)(F)F)cc1-c1cc2n(c(=O)c1)C[C@@H]1CNC[C@H]2C1. The molecule has 128 valence electrons. The van der Waals surface area contributed by atoms with Crippen LogP contribution in [0, 0.1) is 5.92 Å². The van der Waals surface area contributed by atoms with E-state index in [0.717, 1.165) is 31.3 Å². The lowest BCUT2D eigenvalue weighted by Gasteiger charge is -2.37. The standard InChI is InChI=1S/C16H17F3N4O/c1-22-12(5-14(21-22)16(17,18)19)10-3-13-11-2-9(6-20-7-11)8-23(13)15(24)4-10/h3-5,9,11,20H,2,6-8H2,1H3/t9-,11+/m0/s1. The molecule has 4 rings (SSSR count). The van der Waals surface area contributed by atoms with Crippen molar-refractivity contribution in [3.63, 3.8) is 0 Å². The topological polar surface area (TPSA) is 51.9 Å². The van der Waals surface area contributed by atoms with Gasteiger partial charge in [-0.1, -0.05) is 0 Å². The van der Waals surface area contributed by atoms with E-state index in [1.807, 2.05) is 6.07 Å². The van der Waals surface area contributed by atoms with Gasteiger partial charge in [-0.15, -0.1) is 0 Å². The number of pyridine rings is 1. The molecule has 2 bridgehead atoms. The van der Waals surface area contributed by atoms with Crippen LogP contribution in [0.2, 0.25) is 0 Å². The third-order valence-electron chi connectivity index (χ3n) is 4.93. The lowest BCUT2D eigenvalue weighted by molar-refractivity contribution is -0.141.